The summed E-state index contributed by atoms with van der Waals surface area (Å²) in [5.74, 6) is 0. The SMILES string of the molecule is CCCNC(c1ccc(Cl)cc1Cl)c1c(C)cccc1C. The molecule has 0 aliphatic rings. The average molecular weight is 322 g/mol. The molecule has 0 aliphatic heterocycles. The summed E-state index contributed by atoms with van der Waals surface area (Å²) in [5.41, 5.74) is 4.92. The molecular formula is C18H21Cl2N. The van der Waals surface area contributed by atoms with E-state index in [0.29, 0.717) is 10.0 Å². The maximum atomic E-state index is 6.43. The van der Waals surface area contributed by atoms with E-state index in [9.17, 15) is 0 Å². The first kappa shape index (κ1) is 16.4. The van der Waals surface area contributed by atoms with Crippen LogP contribution in [0, 0.1) is 13.8 Å². The highest BCUT2D eigenvalue weighted by atomic mass is 35.5. The summed E-state index contributed by atoms with van der Waals surface area (Å²) in [5, 5.41) is 4.99. The van der Waals surface area contributed by atoms with Crippen LogP contribution in [-0.2, 0) is 0 Å². The highest BCUT2D eigenvalue weighted by Crippen LogP contribution is 2.33. The molecule has 0 aliphatic carbocycles. The Morgan fingerprint density at radius 3 is 2.29 bits per heavy atom. The average Bonchev–Trinajstić information content (AvgIpc) is 2.43. The highest BCUT2D eigenvalue weighted by Gasteiger charge is 2.20. The number of benzene rings is 2. The van der Waals surface area contributed by atoms with Gasteiger partial charge < -0.3 is 5.32 Å². The molecule has 0 spiro atoms. The molecule has 1 N–H and O–H groups in total. The van der Waals surface area contributed by atoms with Crippen LogP contribution in [0.3, 0.4) is 0 Å². The number of hydrogen-bond acceptors (Lipinski definition) is 1. The van der Waals surface area contributed by atoms with Gasteiger partial charge in [0, 0.05) is 10.0 Å². The van der Waals surface area contributed by atoms with Crippen LogP contribution in [-0.4, -0.2) is 6.54 Å². The predicted molar refractivity (Wildman–Crippen MR) is 92.5 cm³/mol. The van der Waals surface area contributed by atoms with Crippen LogP contribution in [0.1, 0.15) is 41.6 Å². The van der Waals surface area contributed by atoms with Crippen molar-refractivity contribution in [3.05, 3.63) is 68.7 Å². The molecule has 0 amide bonds. The summed E-state index contributed by atoms with van der Waals surface area (Å²) < 4.78 is 0. The minimum absolute atomic E-state index is 0.0934. The lowest BCUT2D eigenvalue weighted by atomic mass is 9.91. The first-order valence-corrected chi connectivity index (χ1v) is 8.04. The number of rotatable bonds is 5. The standard InChI is InChI=1S/C18H21Cl2N/c1-4-10-21-18(15-9-8-14(19)11-16(15)20)17-12(2)6-5-7-13(17)3/h5-9,11,18,21H,4,10H2,1-3H3. The van der Waals surface area contributed by atoms with Gasteiger partial charge >= 0.3 is 0 Å². The Morgan fingerprint density at radius 2 is 1.71 bits per heavy atom. The molecule has 1 unspecified atom stereocenters. The molecule has 1 atom stereocenters. The molecule has 112 valence electrons. The topological polar surface area (TPSA) is 12.0 Å². The van der Waals surface area contributed by atoms with Crippen molar-refractivity contribution in [3.8, 4) is 0 Å². The number of hydrogen-bond donors (Lipinski definition) is 1. The van der Waals surface area contributed by atoms with Crippen molar-refractivity contribution < 1.29 is 0 Å². The second-order valence-electron chi connectivity index (χ2n) is 5.36. The first-order valence-electron chi connectivity index (χ1n) is 7.29. The normalized spacial score (nSPS) is 12.4. The zero-order chi connectivity index (χ0) is 15.4. The molecule has 2 aromatic rings. The van der Waals surface area contributed by atoms with Crippen LogP contribution in [0.25, 0.3) is 0 Å². The molecule has 1 nitrogen and oxygen atoms in total. The van der Waals surface area contributed by atoms with Gasteiger partial charge in [-0.15, -0.1) is 0 Å². The second kappa shape index (κ2) is 7.31. The molecule has 0 radical (unpaired) electrons. The Kier molecular flexibility index (Phi) is 5.69. The van der Waals surface area contributed by atoms with Gasteiger partial charge in [-0.1, -0.05) is 54.4 Å². The van der Waals surface area contributed by atoms with Crippen LogP contribution in [0.2, 0.25) is 10.0 Å². The summed E-state index contributed by atoms with van der Waals surface area (Å²) in [7, 11) is 0. The molecule has 3 heteroatoms. The lowest BCUT2D eigenvalue weighted by Crippen LogP contribution is -2.25. The monoisotopic (exact) mass is 321 g/mol. The van der Waals surface area contributed by atoms with E-state index >= 15 is 0 Å². The molecule has 0 fully saturated rings. The maximum Gasteiger partial charge on any atom is 0.0596 e. The lowest BCUT2D eigenvalue weighted by molar-refractivity contribution is 0.594. The Labute approximate surface area is 137 Å². The van der Waals surface area contributed by atoms with Gasteiger partial charge in [-0.2, -0.15) is 0 Å². The van der Waals surface area contributed by atoms with Crippen LogP contribution < -0.4 is 5.32 Å². The summed E-state index contributed by atoms with van der Waals surface area (Å²) >= 11 is 12.5. The quantitative estimate of drug-likeness (QED) is 0.744. The molecular weight excluding hydrogens is 301 g/mol. The summed E-state index contributed by atoms with van der Waals surface area (Å²) in [6, 6.07) is 12.2. The molecule has 0 aromatic heterocycles. The molecule has 0 heterocycles. The number of aryl methyl sites for hydroxylation is 2. The van der Waals surface area contributed by atoms with Gasteiger partial charge in [-0.25, -0.2) is 0 Å². The van der Waals surface area contributed by atoms with E-state index in [1.165, 1.54) is 16.7 Å². The Hall–Kier alpha value is -1.02. The Bertz CT molecular complexity index is 602. The number of nitrogens with one attached hydrogen (secondary N) is 1. The van der Waals surface area contributed by atoms with E-state index < -0.39 is 0 Å². The number of halogens is 2. The molecule has 21 heavy (non-hydrogen) atoms. The smallest absolute Gasteiger partial charge is 0.0596 e. The van der Waals surface area contributed by atoms with Gasteiger partial charge in [0.05, 0.1) is 6.04 Å². The lowest BCUT2D eigenvalue weighted by Gasteiger charge is -2.24. The summed E-state index contributed by atoms with van der Waals surface area (Å²) in [6.45, 7) is 7.40. The van der Waals surface area contributed by atoms with Crippen molar-refractivity contribution in [1.82, 2.24) is 5.32 Å². The van der Waals surface area contributed by atoms with Crippen molar-refractivity contribution in [2.75, 3.05) is 6.54 Å². The zero-order valence-electron chi connectivity index (χ0n) is 12.7. The van der Waals surface area contributed by atoms with Crippen molar-refractivity contribution in [1.29, 1.82) is 0 Å². The molecule has 0 saturated carbocycles. The van der Waals surface area contributed by atoms with Crippen LogP contribution in [0.15, 0.2) is 36.4 Å². The van der Waals surface area contributed by atoms with Crippen LogP contribution >= 0.6 is 23.2 Å². The summed E-state index contributed by atoms with van der Waals surface area (Å²) in [6.07, 6.45) is 1.08. The molecule has 2 aromatic carbocycles. The van der Waals surface area contributed by atoms with Crippen molar-refractivity contribution in [3.63, 3.8) is 0 Å². The predicted octanol–water partition coefficient (Wildman–Crippen LogP) is 5.70. The zero-order valence-corrected chi connectivity index (χ0v) is 14.2. The third kappa shape index (κ3) is 3.79. The Balaban J connectivity index is 2.52. The van der Waals surface area contributed by atoms with E-state index in [1.807, 2.05) is 18.2 Å². The maximum absolute atomic E-state index is 6.43. The molecule has 0 saturated heterocycles. The molecule has 2 rings (SSSR count). The third-order valence-corrected chi connectivity index (χ3v) is 4.27. The van der Waals surface area contributed by atoms with E-state index in [0.717, 1.165) is 18.5 Å². The molecule has 0 bridgehead atoms. The van der Waals surface area contributed by atoms with E-state index in [-0.39, 0.29) is 6.04 Å². The van der Waals surface area contributed by atoms with Crippen molar-refractivity contribution in [2.45, 2.75) is 33.2 Å². The van der Waals surface area contributed by atoms with Gasteiger partial charge in [-0.05, 0) is 61.2 Å². The summed E-state index contributed by atoms with van der Waals surface area (Å²) in [4.78, 5) is 0. The second-order valence-corrected chi connectivity index (χ2v) is 6.20. The van der Waals surface area contributed by atoms with Gasteiger partial charge in [0.15, 0.2) is 0 Å². The van der Waals surface area contributed by atoms with Crippen molar-refractivity contribution in [2.24, 2.45) is 0 Å². The van der Waals surface area contributed by atoms with Gasteiger partial charge in [0.25, 0.3) is 0 Å². The van der Waals surface area contributed by atoms with E-state index in [4.69, 9.17) is 23.2 Å². The van der Waals surface area contributed by atoms with E-state index in [2.05, 4.69) is 44.3 Å². The van der Waals surface area contributed by atoms with Gasteiger partial charge in [0.2, 0.25) is 0 Å². The van der Waals surface area contributed by atoms with Crippen molar-refractivity contribution >= 4 is 23.2 Å². The fourth-order valence-corrected chi connectivity index (χ4v) is 3.19. The largest absolute Gasteiger partial charge is 0.306 e. The van der Waals surface area contributed by atoms with Gasteiger partial charge in [-0.3, -0.25) is 0 Å². The van der Waals surface area contributed by atoms with Crippen LogP contribution in [0.4, 0.5) is 0 Å². The first-order chi connectivity index (χ1) is 10.0. The van der Waals surface area contributed by atoms with E-state index in [1.54, 1.807) is 0 Å². The van der Waals surface area contributed by atoms with Crippen LogP contribution in [0.5, 0.6) is 0 Å². The minimum atomic E-state index is 0.0934. The van der Waals surface area contributed by atoms with Gasteiger partial charge in [0.1, 0.15) is 0 Å². The highest BCUT2D eigenvalue weighted by molar-refractivity contribution is 6.35. The fraction of sp³-hybridized carbons (Fsp3) is 0.333. The Morgan fingerprint density at radius 1 is 1.05 bits per heavy atom. The third-order valence-electron chi connectivity index (χ3n) is 3.70. The minimum Gasteiger partial charge on any atom is -0.306 e. The fourth-order valence-electron chi connectivity index (χ4n) is 2.67.